The Kier molecular flexibility index (Phi) is 6.29. The fraction of sp³-hybridized carbons (Fsp3) is 0. The number of amides is 1. The van der Waals surface area contributed by atoms with E-state index >= 15 is 0 Å². The van der Waals surface area contributed by atoms with Crippen LogP contribution in [0.4, 0.5) is 5.69 Å². The zero-order valence-electron chi connectivity index (χ0n) is 12.5. The molecule has 134 valence electrons. The number of nitrogens with zero attached hydrogens (tertiary/aromatic N) is 1. The van der Waals surface area contributed by atoms with Crippen molar-refractivity contribution in [1.29, 1.82) is 0 Å². The van der Waals surface area contributed by atoms with E-state index < -0.39 is 0 Å². The Morgan fingerprint density at radius 2 is 1.58 bits per heavy atom. The first-order valence-electron chi connectivity index (χ1n) is 6.91. The molecule has 1 aliphatic rings. The molecular formula is C16H7Cl5N2OS2. The Bertz CT molecular complexity index is 920. The molecule has 1 fully saturated rings. The molecule has 3 nitrogen and oxygen atoms in total. The lowest BCUT2D eigenvalue weighted by Gasteiger charge is -2.19. The topological polar surface area (TPSA) is 32.3 Å². The molecule has 0 aromatic heterocycles. The highest BCUT2D eigenvalue weighted by Crippen LogP contribution is 2.39. The Balaban J connectivity index is 1.92. The highest BCUT2D eigenvalue weighted by atomic mass is 35.5. The van der Waals surface area contributed by atoms with Crippen LogP contribution in [-0.2, 0) is 4.79 Å². The summed E-state index contributed by atoms with van der Waals surface area (Å²) >= 11 is 36.9. The highest BCUT2D eigenvalue weighted by Gasteiger charge is 2.33. The first-order chi connectivity index (χ1) is 12.3. The van der Waals surface area contributed by atoms with Crippen LogP contribution < -0.4 is 5.43 Å². The molecule has 2 aromatic carbocycles. The van der Waals surface area contributed by atoms with Gasteiger partial charge in [0.1, 0.15) is 0 Å². The van der Waals surface area contributed by atoms with Crippen LogP contribution in [-0.4, -0.2) is 15.2 Å². The fourth-order valence-electron chi connectivity index (χ4n) is 2.10. The maximum absolute atomic E-state index is 12.7. The lowest BCUT2D eigenvalue weighted by atomic mass is 10.2. The van der Waals surface area contributed by atoms with Crippen molar-refractivity contribution in [3.8, 4) is 0 Å². The molecule has 26 heavy (non-hydrogen) atoms. The van der Waals surface area contributed by atoms with Gasteiger partial charge in [-0.3, -0.25) is 10.2 Å². The van der Waals surface area contributed by atoms with Crippen LogP contribution in [0.5, 0.6) is 0 Å². The van der Waals surface area contributed by atoms with Gasteiger partial charge >= 0.3 is 0 Å². The number of benzene rings is 2. The van der Waals surface area contributed by atoms with Crippen molar-refractivity contribution >= 4 is 104 Å². The summed E-state index contributed by atoms with van der Waals surface area (Å²) in [7, 11) is 0. The zero-order chi connectivity index (χ0) is 19.0. The van der Waals surface area contributed by atoms with Crippen LogP contribution in [0.2, 0.25) is 25.1 Å². The second-order valence-corrected chi connectivity index (χ2v) is 8.75. The minimum atomic E-state index is -0.377. The average Bonchev–Trinajstić information content (AvgIpc) is 2.81. The molecule has 1 amide bonds. The highest BCUT2D eigenvalue weighted by molar-refractivity contribution is 8.26. The van der Waals surface area contributed by atoms with Gasteiger partial charge in [0.05, 0.1) is 20.6 Å². The van der Waals surface area contributed by atoms with Crippen LogP contribution in [0, 0.1) is 0 Å². The Hall–Kier alpha value is -0.660. The summed E-state index contributed by atoms with van der Waals surface area (Å²) in [4.78, 5) is 13.1. The Labute approximate surface area is 184 Å². The molecule has 10 heteroatoms. The minimum Gasteiger partial charge on any atom is -0.287 e. The van der Waals surface area contributed by atoms with Crippen molar-refractivity contribution in [2.24, 2.45) is 0 Å². The summed E-state index contributed by atoms with van der Waals surface area (Å²) in [5.41, 5.74) is 3.71. The van der Waals surface area contributed by atoms with E-state index in [0.29, 0.717) is 31.2 Å². The summed E-state index contributed by atoms with van der Waals surface area (Å²) in [6, 6.07) is 8.11. The molecule has 0 saturated carbocycles. The number of rotatable bonds is 3. The number of anilines is 1. The van der Waals surface area contributed by atoms with Crippen LogP contribution in [0.15, 0.2) is 35.2 Å². The van der Waals surface area contributed by atoms with Crippen molar-refractivity contribution in [2.45, 2.75) is 0 Å². The fourth-order valence-corrected chi connectivity index (χ4v) is 4.67. The summed E-state index contributed by atoms with van der Waals surface area (Å²) in [6.45, 7) is 0. The van der Waals surface area contributed by atoms with Crippen LogP contribution >= 0.6 is 82.0 Å². The van der Waals surface area contributed by atoms with Gasteiger partial charge in [0.15, 0.2) is 4.32 Å². The van der Waals surface area contributed by atoms with Gasteiger partial charge < -0.3 is 0 Å². The lowest BCUT2D eigenvalue weighted by molar-refractivity contribution is -0.121. The zero-order valence-corrected chi connectivity index (χ0v) is 17.9. The summed E-state index contributed by atoms with van der Waals surface area (Å²) in [5.74, 6) is -0.377. The molecule has 0 atom stereocenters. The van der Waals surface area contributed by atoms with E-state index in [1.807, 2.05) is 0 Å². The van der Waals surface area contributed by atoms with Crippen molar-refractivity contribution in [2.75, 3.05) is 5.43 Å². The van der Waals surface area contributed by atoms with Crippen molar-refractivity contribution in [3.05, 3.63) is 65.9 Å². The SMILES string of the molecule is O=C1/C(=C\c2c(Cl)cccc2Cl)SC(=S)N1Nc1c(Cl)cc(Cl)cc1Cl. The molecule has 0 aliphatic carbocycles. The van der Waals surface area contributed by atoms with Gasteiger partial charge in [-0.15, -0.1) is 0 Å². The van der Waals surface area contributed by atoms with E-state index in [-0.39, 0.29) is 20.3 Å². The summed E-state index contributed by atoms with van der Waals surface area (Å²) in [5, 5.41) is 2.94. The third-order valence-electron chi connectivity index (χ3n) is 3.30. The Morgan fingerprint density at radius 3 is 2.15 bits per heavy atom. The third-order valence-corrected chi connectivity index (χ3v) is 6.08. The summed E-state index contributed by atoms with van der Waals surface area (Å²) in [6.07, 6.45) is 1.59. The number of hydrazine groups is 1. The monoisotopic (exact) mass is 482 g/mol. The molecule has 3 rings (SSSR count). The molecule has 1 aliphatic heterocycles. The molecule has 1 saturated heterocycles. The number of hydrogen-bond acceptors (Lipinski definition) is 4. The molecule has 0 unspecified atom stereocenters. The average molecular weight is 485 g/mol. The van der Waals surface area contributed by atoms with E-state index in [1.165, 1.54) is 17.1 Å². The predicted octanol–water partition coefficient (Wildman–Crippen LogP) is 7.18. The van der Waals surface area contributed by atoms with Crippen molar-refractivity contribution < 1.29 is 4.79 Å². The van der Waals surface area contributed by atoms with Gasteiger partial charge in [-0.05, 0) is 42.6 Å². The van der Waals surface area contributed by atoms with Gasteiger partial charge in [-0.2, -0.15) is 0 Å². The van der Waals surface area contributed by atoms with Gasteiger partial charge in [0, 0.05) is 20.6 Å². The van der Waals surface area contributed by atoms with Crippen molar-refractivity contribution in [3.63, 3.8) is 0 Å². The first-order valence-corrected chi connectivity index (χ1v) is 10.0. The number of nitrogens with one attached hydrogen (secondary N) is 1. The quantitative estimate of drug-likeness (QED) is 0.369. The van der Waals surface area contributed by atoms with Crippen LogP contribution in [0.25, 0.3) is 6.08 Å². The normalized spacial score (nSPS) is 15.9. The van der Waals surface area contributed by atoms with Gasteiger partial charge in [-0.25, -0.2) is 5.01 Å². The molecule has 0 radical (unpaired) electrons. The minimum absolute atomic E-state index is 0.259. The number of thiocarbonyl (C=S) groups is 1. The van der Waals surface area contributed by atoms with E-state index in [9.17, 15) is 4.79 Å². The van der Waals surface area contributed by atoms with E-state index in [0.717, 1.165) is 11.8 Å². The standard InChI is InChI=1S/C16H7Cl5N2OS2/c17-7-4-11(20)14(12(21)5-7)22-23-15(24)13(26-16(23)25)6-8-9(18)2-1-3-10(8)19/h1-6,22H/b13-6+. The maximum atomic E-state index is 12.7. The molecule has 2 aromatic rings. The van der Waals surface area contributed by atoms with E-state index in [1.54, 1.807) is 24.3 Å². The largest absolute Gasteiger partial charge is 0.287 e. The maximum Gasteiger partial charge on any atom is 0.285 e. The number of thioether (sulfide) groups is 1. The number of carbonyl (C=O) groups is 1. The molecule has 1 heterocycles. The lowest BCUT2D eigenvalue weighted by Crippen LogP contribution is -2.34. The number of halogens is 5. The number of carbonyl (C=O) groups excluding carboxylic acids is 1. The van der Waals surface area contributed by atoms with Crippen LogP contribution in [0.1, 0.15) is 5.56 Å². The van der Waals surface area contributed by atoms with Crippen LogP contribution in [0.3, 0.4) is 0 Å². The Morgan fingerprint density at radius 1 is 1.00 bits per heavy atom. The second kappa shape index (κ2) is 8.15. The molecule has 1 N–H and O–H groups in total. The third kappa shape index (κ3) is 4.09. The molecule has 0 bridgehead atoms. The predicted molar refractivity (Wildman–Crippen MR) is 117 cm³/mol. The van der Waals surface area contributed by atoms with E-state index in [4.69, 9.17) is 70.2 Å². The molecule has 0 spiro atoms. The van der Waals surface area contributed by atoms with Gasteiger partial charge in [0.2, 0.25) is 0 Å². The molecular weight excluding hydrogens is 478 g/mol. The van der Waals surface area contributed by atoms with Crippen molar-refractivity contribution in [1.82, 2.24) is 5.01 Å². The first kappa shape index (κ1) is 20.1. The van der Waals surface area contributed by atoms with Gasteiger partial charge in [0.25, 0.3) is 5.91 Å². The number of hydrogen-bond donors (Lipinski definition) is 1. The van der Waals surface area contributed by atoms with E-state index in [2.05, 4.69) is 5.43 Å². The second-order valence-electron chi connectivity index (χ2n) is 5.01. The summed E-state index contributed by atoms with van der Waals surface area (Å²) < 4.78 is 0.284. The smallest absolute Gasteiger partial charge is 0.285 e. The van der Waals surface area contributed by atoms with Gasteiger partial charge in [-0.1, -0.05) is 75.8 Å².